The molecule has 0 spiro atoms. The van der Waals surface area contributed by atoms with Crippen LogP contribution in [0.4, 0.5) is 31.1 Å². The van der Waals surface area contributed by atoms with E-state index in [0.29, 0.717) is 42.0 Å². The fraction of sp³-hybridized carbons (Fsp3) is 0.467. The molecule has 2 N–H and O–H groups in total. The normalized spacial score (nSPS) is 18.8. The SMILES string of the molecule is CCCc1cc(C(O)(C(F)(F)F)C(F)(F)F)cc(CCC)c1OC/C=C\CN1C(=O)NC(C)(c2ccc3c(c2)OCO3)C1=O. The van der Waals surface area contributed by atoms with Crippen LogP contribution >= 0.6 is 0 Å². The smallest absolute Gasteiger partial charge is 0.430 e. The van der Waals surface area contributed by atoms with Crippen LogP contribution in [0.25, 0.3) is 0 Å². The van der Waals surface area contributed by atoms with Gasteiger partial charge in [-0.1, -0.05) is 38.8 Å². The van der Waals surface area contributed by atoms with Crippen molar-refractivity contribution in [1.82, 2.24) is 10.2 Å². The first-order valence-corrected chi connectivity index (χ1v) is 13.9. The van der Waals surface area contributed by atoms with Crippen molar-refractivity contribution in [2.75, 3.05) is 19.9 Å². The Bertz CT molecular complexity index is 1400. The number of hydrogen-bond acceptors (Lipinski definition) is 6. The summed E-state index contributed by atoms with van der Waals surface area (Å²) in [6.07, 6.45) is -8.10. The van der Waals surface area contributed by atoms with Crippen molar-refractivity contribution in [2.45, 2.75) is 69.9 Å². The molecule has 0 radical (unpaired) electrons. The topological polar surface area (TPSA) is 97.3 Å². The summed E-state index contributed by atoms with van der Waals surface area (Å²) in [6.45, 7) is 4.72. The molecule has 0 bridgehead atoms. The van der Waals surface area contributed by atoms with E-state index < -0.39 is 41.0 Å². The molecule has 1 atom stereocenters. The molecule has 1 unspecified atom stereocenters. The van der Waals surface area contributed by atoms with Gasteiger partial charge < -0.3 is 24.6 Å². The molecule has 0 aromatic heterocycles. The zero-order chi connectivity index (χ0) is 32.5. The van der Waals surface area contributed by atoms with Gasteiger partial charge >= 0.3 is 18.4 Å². The van der Waals surface area contributed by atoms with E-state index >= 15 is 0 Å². The number of rotatable bonds is 11. The van der Waals surface area contributed by atoms with E-state index in [1.807, 2.05) is 0 Å². The summed E-state index contributed by atoms with van der Waals surface area (Å²) in [4.78, 5) is 26.9. The Labute approximate surface area is 249 Å². The Morgan fingerprint density at radius 1 is 0.955 bits per heavy atom. The van der Waals surface area contributed by atoms with Gasteiger partial charge in [-0.15, -0.1) is 0 Å². The zero-order valence-electron chi connectivity index (χ0n) is 24.2. The van der Waals surface area contributed by atoms with Gasteiger partial charge in [0.1, 0.15) is 17.9 Å². The van der Waals surface area contributed by atoms with Crippen LogP contribution in [-0.2, 0) is 28.8 Å². The summed E-state index contributed by atoms with van der Waals surface area (Å²) >= 11 is 0. The molecule has 2 aromatic carbocycles. The average molecular weight is 631 g/mol. The maximum absolute atomic E-state index is 13.6. The molecule has 240 valence electrons. The molecule has 4 rings (SSSR count). The Morgan fingerprint density at radius 2 is 1.55 bits per heavy atom. The van der Waals surface area contributed by atoms with Gasteiger partial charge in [-0.05, 0) is 66.8 Å². The standard InChI is InChI=1S/C30H32F6N2O6/c1-4-8-18-14-21(28(41,29(31,32)33)30(34,35)36)15-19(9-5-2)24(18)42-13-7-6-12-38-25(39)27(3,37-26(38)40)20-10-11-22-23(16-20)44-17-43-22/h6-7,10-11,14-16,41H,4-5,8-9,12-13,17H2,1-3H3,(H,37,40)/b7-6-. The van der Waals surface area contributed by atoms with Crippen LogP contribution in [0.5, 0.6) is 17.2 Å². The molecule has 44 heavy (non-hydrogen) atoms. The Morgan fingerprint density at radius 3 is 2.11 bits per heavy atom. The highest BCUT2D eigenvalue weighted by atomic mass is 19.4. The molecule has 0 saturated carbocycles. The number of nitrogens with one attached hydrogen (secondary N) is 1. The molecule has 1 saturated heterocycles. The van der Waals surface area contributed by atoms with Crippen molar-refractivity contribution in [3.8, 4) is 17.2 Å². The first-order chi connectivity index (χ1) is 20.6. The predicted molar refractivity (Wildman–Crippen MR) is 145 cm³/mol. The lowest BCUT2D eigenvalue weighted by Gasteiger charge is -2.33. The molecular weight excluding hydrogens is 598 g/mol. The quantitative estimate of drug-likeness (QED) is 0.179. The lowest BCUT2D eigenvalue weighted by molar-refractivity contribution is -0.376. The minimum Gasteiger partial charge on any atom is -0.489 e. The number of halogens is 6. The van der Waals surface area contributed by atoms with Crippen molar-refractivity contribution in [3.63, 3.8) is 0 Å². The summed E-state index contributed by atoms with van der Waals surface area (Å²) in [5, 5.41) is 12.7. The van der Waals surface area contributed by atoms with Gasteiger partial charge in [0, 0.05) is 12.1 Å². The van der Waals surface area contributed by atoms with E-state index in [1.165, 1.54) is 12.2 Å². The molecule has 14 heteroatoms. The number of fused-ring (bicyclic) bond motifs is 1. The van der Waals surface area contributed by atoms with Crippen LogP contribution in [0.15, 0.2) is 42.5 Å². The summed E-state index contributed by atoms with van der Waals surface area (Å²) in [6, 6.07) is 5.65. The minimum absolute atomic E-state index is 0.0438. The lowest BCUT2D eigenvalue weighted by atomic mass is 9.87. The average Bonchev–Trinajstić information content (AvgIpc) is 3.50. The molecule has 2 heterocycles. The number of nitrogens with zero attached hydrogens (tertiary/aromatic N) is 1. The Hall–Kier alpha value is -3.94. The molecule has 2 aromatic rings. The van der Waals surface area contributed by atoms with Gasteiger partial charge in [0.15, 0.2) is 11.5 Å². The number of carbonyl (C=O) groups is 2. The highest BCUT2D eigenvalue weighted by Crippen LogP contribution is 2.51. The Kier molecular flexibility index (Phi) is 9.15. The van der Waals surface area contributed by atoms with E-state index in [0.717, 1.165) is 4.90 Å². The molecule has 0 aliphatic carbocycles. The second-order valence-corrected chi connectivity index (χ2v) is 10.7. The van der Waals surface area contributed by atoms with Crippen molar-refractivity contribution >= 4 is 11.9 Å². The van der Waals surface area contributed by atoms with Gasteiger partial charge in [-0.3, -0.25) is 9.69 Å². The summed E-state index contributed by atoms with van der Waals surface area (Å²) in [5.74, 6) is 0.573. The van der Waals surface area contributed by atoms with E-state index in [9.17, 15) is 41.0 Å². The second-order valence-electron chi connectivity index (χ2n) is 10.7. The summed E-state index contributed by atoms with van der Waals surface area (Å²) in [7, 11) is 0. The fourth-order valence-corrected chi connectivity index (χ4v) is 5.19. The second kappa shape index (κ2) is 12.2. The van der Waals surface area contributed by atoms with Crippen molar-refractivity contribution < 1.29 is 55.2 Å². The fourth-order valence-electron chi connectivity index (χ4n) is 5.19. The third-order valence-electron chi connectivity index (χ3n) is 7.52. The predicted octanol–water partition coefficient (Wildman–Crippen LogP) is 6.03. The third-order valence-corrected chi connectivity index (χ3v) is 7.52. The number of urea groups is 1. The van der Waals surface area contributed by atoms with E-state index in [2.05, 4.69) is 5.32 Å². The van der Waals surface area contributed by atoms with Crippen LogP contribution < -0.4 is 19.5 Å². The minimum atomic E-state index is -6.01. The largest absolute Gasteiger partial charge is 0.489 e. The van der Waals surface area contributed by atoms with Crippen LogP contribution in [0, 0.1) is 0 Å². The zero-order valence-corrected chi connectivity index (χ0v) is 24.2. The maximum Gasteiger partial charge on any atom is 0.430 e. The van der Waals surface area contributed by atoms with Gasteiger partial charge in [0.05, 0.1) is 0 Å². The van der Waals surface area contributed by atoms with E-state index in [-0.39, 0.29) is 49.7 Å². The number of hydrogen-bond donors (Lipinski definition) is 2. The first kappa shape index (κ1) is 33.0. The van der Waals surface area contributed by atoms with Crippen molar-refractivity contribution in [1.29, 1.82) is 0 Å². The van der Waals surface area contributed by atoms with Crippen LogP contribution in [-0.4, -0.2) is 54.2 Å². The number of benzene rings is 2. The summed E-state index contributed by atoms with van der Waals surface area (Å²) in [5.41, 5.74) is -7.07. The summed E-state index contributed by atoms with van der Waals surface area (Å²) < 4.78 is 98.1. The molecule has 3 amide bonds. The number of aryl methyl sites for hydroxylation is 2. The van der Waals surface area contributed by atoms with Crippen molar-refractivity contribution in [3.05, 3.63) is 64.7 Å². The monoisotopic (exact) mass is 630 g/mol. The number of alkyl halides is 6. The number of imide groups is 1. The van der Waals surface area contributed by atoms with Crippen molar-refractivity contribution in [2.24, 2.45) is 0 Å². The van der Waals surface area contributed by atoms with Gasteiger partial charge in [0.25, 0.3) is 11.5 Å². The van der Waals surface area contributed by atoms with Gasteiger partial charge in [0.2, 0.25) is 6.79 Å². The maximum atomic E-state index is 13.6. The Balaban J connectivity index is 1.51. The molecule has 2 aliphatic heterocycles. The van der Waals surface area contributed by atoms with E-state index in [4.69, 9.17) is 14.2 Å². The number of carbonyl (C=O) groups excluding carboxylic acids is 2. The highest BCUT2D eigenvalue weighted by Gasteiger charge is 2.71. The van der Waals surface area contributed by atoms with Gasteiger partial charge in [-0.2, -0.15) is 26.3 Å². The van der Waals surface area contributed by atoms with Crippen LogP contribution in [0.3, 0.4) is 0 Å². The number of ether oxygens (including phenoxy) is 3. The number of aliphatic hydroxyl groups is 1. The van der Waals surface area contributed by atoms with Crippen LogP contribution in [0.1, 0.15) is 55.9 Å². The lowest BCUT2D eigenvalue weighted by Crippen LogP contribution is -2.54. The third kappa shape index (κ3) is 5.91. The highest BCUT2D eigenvalue weighted by molar-refractivity contribution is 6.07. The number of amides is 3. The van der Waals surface area contributed by atoms with E-state index in [1.54, 1.807) is 39.0 Å². The van der Waals surface area contributed by atoms with Crippen LogP contribution in [0.2, 0.25) is 0 Å². The molecule has 8 nitrogen and oxygen atoms in total. The first-order valence-electron chi connectivity index (χ1n) is 13.9. The molecule has 1 fully saturated rings. The molecule has 2 aliphatic rings. The molecular formula is C30H32F6N2O6. The van der Waals surface area contributed by atoms with Gasteiger partial charge in [-0.25, -0.2) is 4.79 Å².